The summed E-state index contributed by atoms with van der Waals surface area (Å²) in [6.07, 6.45) is 0.734. The number of anilines is 2. The van der Waals surface area contributed by atoms with Crippen molar-refractivity contribution < 1.29 is 23.9 Å². The van der Waals surface area contributed by atoms with E-state index in [1.807, 2.05) is 25.1 Å². The van der Waals surface area contributed by atoms with E-state index >= 15 is 0 Å². The molecule has 0 spiro atoms. The van der Waals surface area contributed by atoms with E-state index in [4.69, 9.17) is 9.47 Å². The highest BCUT2D eigenvalue weighted by Gasteiger charge is 2.46. The summed E-state index contributed by atoms with van der Waals surface area (Å²) in [6.45, 7) is 2.82. The molecule has 4 amide bonds. The van der Waals surface area contributed by atoms with Crippen molar-refractivity contribution in [2.45, 2.75) is 32.4 Å². The van der Waals surface area contributed by atoms with Crippen LogP contribution in [0.5, 0.6) is 11.5 Å². The van der Waals surface area contributed by atoms with Crippen LogP contribution in [0.3, 0.4) is 0 Å². The van der Waals surface area contributed by atoms with E-state index < -0.39 is 18.0 Å². The van der Waals surface area contributed by atoms with Gasteiger partial charge in [-0.15, -0.1) is 0 Å². The zero-order valence-electron chi connectivity index (χ0n) is 20.3. The molecule has 3 aromatic rings. The van der Waals surface area contributed by atoms with E-state index in [0.29, 0.717) is 23.7 Å². The lowest BCUT2D eigenvalue weighted by Crippen LogP contribution is -2.37. The van der Waals surface area contributed by atoms with Crippen LogP contribution in [0, 0.1) is 0 Å². The van der Waals surface area contributed by atoms with Crippen LogP contribution in [0.25, 0.3) is 0 Å². The Morgan fingerprint density at radius 3 is 2.22 bits per heavy atom. The largest absolute Gasteiger partial charge is 0.497 e. The highest BCUT2D eigenvalue weighted by Crippen LogP contribution is 2.29. The molecule has 1 fully saturated rings. The normalized spacial score (nSPS) is 15.2. The summed E-state index contributed by atoms with van der Waals surface area (Å²) in [4.78, 5) is 42.3. The van der Waals surface area contributed by atoms with Crippen LogP contribution in [0.1, 0.15) is 25.3 Å². The number of hydrogen-bond acceptors (Lipinski definition) is 5. The zero-order chi connectivity index (χ0) is 25.5. The summed E-state index contributed by atoms with van der Waals surface area (Å²) in [6, 6.07) is 21.6. The summed E-state index contributed by atoms with van der Waals surface area (Å²) in [7, 11) is 1.58. The van der Waals surface area contributed by atoms with Crippen molar-refractivity contribution in [2.75, 3.05) is 23.9 Å². The number of ether oxygens (including phenoxy) is 2. The van der Waals surface area contributed by atoms with Crippen molar-refractivity contribution in [3.05, 3.63) is 84.4 Å². The Bertz CT molecular complexity index is 1200. The van der Waals surface area contributed by atoms with E-state index in [0.717, 1.165) is 22.6 Å². The molecule has 4 rings (SSSR count). The fourth-order valence-electron chi connectivity index (χ4n) is 4.00. The SMILES string of the molecule is CCCOc1ccc(NC(=O)C[C@@H]2C(=O)N(c3ccccc3)C(=O)N2Cc2ccc(OC)cc2)cc1. The number of methoxy groups -OCH3 is 1. The number of imide groups is 1. The predicted octanol–water partition coefficient (Wildman–Crippen LogP) is 4.85. The monoisotopic (exact) mass is 487 g/mol. The quantitative estimate of drug-likeness (QED) is 0.413. The fraction of sp³-hybridized carbons (Fsp3) is 0.250. The van der Waals surface area contributed by atoms with Crippen LogP contribution in [0.2, 0.25) is 0 Å². The summed E-state index contributed by atoms with van der Waals surface area (Å²) >= 11 is 0. The molecule has 36 heavy (non-hydrogen) atoms. The van der Waals surface area contributed by atoms with Crippen molar-refractivity contribution in [3.8, 4) is 11.5 Å². The molecule has 0 radical (unpaired) electrons. The Balaban J connectivity index is 1.52. The number of nitrogens with one attached hydrogen (secondary N) is 1. The van der Waals surface area contributed by atoms with Gasteiger partial charge in [-0.1, -0.05) is 37.3 Å². The summed E-state index contributed by atoms with van der Waals surface area (Å²) < 4.78 is 10.8. The Morgan fingerprint density at radius 2 is 1.58 bits per heavy atom. The first-order chi connectivity index (χ1) is 17.5. The smallest absolute Gasteiger partial charge is 0.332 e. The molecule has 1 saturated heterocycles. The molecule has 8 nitrogen and oxygen atoms in total. The number of rotatable bonds is 10. The lowest BCUT2D eigenvalue weighted by molar-refractivity contribution is -0.124. The second-order valence-corrected chi connectivity index (χ2v) is 8.41. The molecule has 0 bridgehead atoms. The van der Waals surface area contributed by atoms with Gasteiger partial charge in [0.05, 0.1) is 25.8 Å². The van der Waals surface area contributed by atoms with E-state index in [9.17, 15) is 14.4 Å². The zero-order valence-corrected chi connectivity index (χ0v) is 20.3. The Morgan fingerprint density at radius 1 is 0.917 bits per heavy atom. The minimum Gasteiger partial charge on any atom is -0.497 e. The summed E-state index contributed by atoms with van der Waals surface area (Å²) in [5.41, 5.74) is 1.87. The third-order valence-corrected chi connectivity index (χ3v) is 5.83. The molecular weight excluding hydrogens is 458 g/mol. The second-order valence-electron chi connectivity index (χ2n) is 8.41. The maximum Gasteiger partial charge on any atom is 0.332 e. The van der Waals surface area contributed by atoms with Gasteiger partial charge in [-0.3, -0.25) is 9.59 Å². The number of hydrogen-bond donors (Lipinski definition) is 1. The number of urea groups is 1. The topological polar surface area (TPSA) is 88.2 Å². The van der Waals surface area contributed by atoms with Gasteiger partial charge >= 0.3 is 6.03 Å². The average molecular weight is 488 g/mol. The third kappa shape index (κ3) is 5.66. The van der Waals surface area contributed by atoms with E-state index in [1.165, 1.54) is 4.90 Å². The highest BCUT2D eigenvalue weighted by molar-refractivity contribution is 6.22. The maximum absolute atomic E-state index is 13.4. The Kier molecular flexibility index (Phi) is 7.85. The van der Waals surface area contributed by atoms with Gasteiger partial charge in [-0.25, -0.2) is 9.69 Å². The van der Waals surface area contributed by atoms with Gasteiger partial charge in [0.1, 0.15) is 17.5 Å². The molecule has 0 aliphatic carbocycles. The van der Waals surface area contributed by atoms with Crippen molar-refractivity contribution >= 4 is 29.2 Å². The average Bonchev–Trinajstić information content (AvgIpc) is 3.13. The molecule has 1 aliphatic heterocycles. The number of carbonyl (C=O) groups excluding carboxylic acids is 3. The molecule has 1 heterocycles. The van der Waals surface area contributed by atoms with Gasteiger partial charge in [-0.05, 0) is 60.5 Å². The van der Waals surface area contributed by atoms with Gasteiger partial charge in [0.25, 0.3) is 5.91 Å². The molecule has 8 heteroatoms. The Labute approximate surface area is 210 Å². The van der Waals surface area contributed by atoms with Crippen molar-refractivity contribution in [2.24, 2.45) is 0 Å². The van der Waals surface area contributed by atoms with Gasteiger partial charge in [0, 0.05) is 12.2 Å². The van der Waals surface area contributed by atoms with Crippen LogP contribution in [0.15, 0.2) is 78.9 Å². The third-order valence-electron chi connectivity index (χ3n) is 5.83. The van der Waals surface area contributed by atoms with Crippen molar-refractivity contribution in [1.29, 1.82) is 0 Å². The van der Waals surface area contributed by atoms with E-state index in [-0.39, 0.29) is 18.9 Å². The first-order valence-corrected chi connectivity index (χ1v) is 11.9. The summed E-state index contributed by atoms with van der Waals surface area (Å²) in [5, 5.41) is 2.82. The van der Waals surface area contributed by atoms with Gasteiger partial charge < -0.3 is 19.7 Å². The molecule has 0 saturated carbocycles. The maximum atomic E-state index is 13.4. The van der Waals surface area contributed by atoms with Crippen LogP contribution < -0.4 is 19.7 Å². The molecule has 0 unspecified atom stereocenters. The minimum atomic E-state index is -0.938. The molecule has 1 atom stereocenters. The number of nitrogens with zero attached hydrogens (tertiary/aromatic N) is 2. The molecular formula is C28H29N3O5. The van der Waals surface area contributed by atoms with Crippen LogP contribution in [-0.2, 0) is 16.1 Å². The number of amides is 4. The lowest BCUT2D eigenvalue weighted by atomic mass is 10.1. The van der Waals surface area contributed by atoms with Gasteiger partial charge in [-0.2, -0.15) is 0 Å². The second kappa shape index (κ2) is 11.4. The van der Waals surface area contributed by atoms with Crippen molar-refractivity contribution in [3.63, 3.8) is 0 Å². The molecule has 0 aromatic heterocycles. The van der Waals surface area contributed by atoms with Crippen LogP contribution >= 0.6 is 0 Å². The van der Waals surface area contributed by atoms with Crippen molar-refractivity contribution in [1.82, 2.24) is 4.90 Å². The molecule has 1 N–H and O–H groups in total. The Hall–Kier alpha value is -4.33. The first kappa shape index (κ1) is 24.8. The van der Waals surface area contributed by atoms with Crippen LogP contribution in [0.4, 0.5) is 16.2 Å². The predicted molar refractivity (Wildman–Crippen MR) is 137 cm³/mol. The molecule has 186 valence electrons. The summed E-state index contributed by atoms with van der Waals surface area (Å²) in [5.74, 6) is 0.613. The standard InChI is InChI=1S/C28H29N3O5/c1-3-17-36-24-15-11-21(12-16-24)29-26(32)18-25-27(33)31(22-7-5-4-6-8-22)28(34)30(25)19-20-9-13-23(35-2)14-10-20/h4-16,25H,3,17-19H2,1-2H3,(H,29,32)/t25-/m1/s1. The van der Waals surface area contributed by atoms with Crippen LogP contribution in [-0.4, -0.2) is 42.5 Å². The fourth-order valence-corrected chi connectivity index (χ4v) is 4.00. The lowest BCUT2D eigenvalue weighted by Gasteiger charge is -2.22. The molecule has 3 aromatic carbocycles. The number of benzene rings is 3. The minimum absolute atomic E-state index is 0.169. The van der Waals surface area contributed by atoms with Gasteiger partial charge in [0.15, 0.2) is 0 Å². The number of carbonyl (C=O) groups is 3. The van der Waals surface area contributed by atoms with Gasteiger partial charge in [0.2, 0.25) is 5.91 Å². The molecule has 1 aliphatic rings. The van der Waals surface area contributed by atoms with E-state index in [2.05, 4.69) is 5.32 Å². The highest BCUT2D eigenvalue weighted by atomic mass is 16.5. The van der Waals surface area contributed by atoms with E-state index in [1.54, 1.807) is 67.8 Å². The number of para-hydroxylation sites is 1. The first-order valence-electron chi connectivity index (χ1n) is 11.9.